The number of ketones is 1. The molecule has 0 unspecified atom stereocenters. The Balaban J connectivity index is 1.41. The number of piperidine rings is 2. The van der Waals surface area contributed by atoms with E-state index in [0.29, 0.717) is 43.6 Å². The summed E-state index contributed by atoms with van der Waals surface area (Å²) in [6.45, 7) is 8.42. The van der Waals surface area contributed by atoms with Crippen molar-refractivity contribution in [1.82, 2.24) is 14.8 Å². The molecule has 2 aliphatic heterocycles. The zero-order chi connectivity index (χ0) is 40.8. The van der Waals surface area contributed by atoms with Crippen LogP contribution in [0.4, 0.5) is 26.3 Å². The fourth-order valence-corrected chi connectivity index (χ4v) is 8.85. The maximum Gasteiger partial charge on any atom is 0.425 e. The number of thiophene rings is 1. The number of benzene rings is 1. The van der Waals surface area contributed by atoms with Gasteiger partial charge in [0.15, 0.2) is 0 Å². The van der Waals surface area contributed by atoms with Gasteiger partial charge in [-0.3, -0.25) is 19.4 Å². The van der Waals surface area contributed by atoms with E-state index in [9.17, 15) is 40.7 Å². The Bertz CT molecular complexity index is 1820. The van der Waals surface area contributed by atoms with E-state index in [2.05, 4.69) is 4.98 Å². The Morgan fingerprint density at radius 1 is 1.00 bits per heavy atom. The topological polar surface area (TPSA) is 89.0 Å². The molecular weight excluding hydrogens is 761 g/mol. The lowest BCUT2D eigenvalue weighted by Crippen LogP contribution is -2.68. The number of para-hydroxylation sites is 1. The van der Waals surface area contributed by atoms with Crippen LogP contribution < -0.4 is 9.47 Å². The lowest BCUT2D eigenvalue weighted by Gasteiger charge is -2.50. The molecular formula is C41H49F6N3O5S. The number of likely N-dealkylation sites (tertiary alicyclic amines) is 2. The Hall–Kier alpha value is -4.14. The SMILES string of the molecule is CCC[C@H]1N(C(=O)c2ncccc2C(F)(F)F)CCC[C@@]1(Oc1csc(C(F)(F)F)c1)C(=O)N1CCC(c2ccccc2OCCC[C@H](C(C)=O)C(C)C)CC1. The highest BCUT2D eigenvalue weighted by atomic mass is 32.1. The zero-order valence-electron chi connectivity index (χ0n) is 32.0. The van der Waals surface area contributed by atoms with Crippen molar-refractivity contribution in [2.75, 3.05) is 26.2 Å². The number of amides is 2. The van der Waals surface area contributed by atoms with Gasteiger partial charge in [0.05, 0.1) is 18.2 Å². The highest BCUT2D eigenvalue weighted by Gasteiger charge is 2.56. The van der Waals surface area contributed by atoms with E-state index < -0.39 is 51.9 Å². The second-order valence-electron chi connectivity index (χ2n) is 15.0. The van der Waals surface area contributed by atoms with Crippen LogP contribution in [0.25, 0.3) is 0 Å². The molecule has 56 heavy (non-hydrogen) atoms. The summed E-state index contributed by atoms with van der Waals surface area (Å²) in [6, 6.07) is 9.23. The predicted octanol–water partition coefficient (Wildman–Crippen LogP) is 9.83. The third-order valence-corrected chi connectivity index (χ3v) is 11.9. The minimum absolute atomic E-state index is 0.00106. The summed E-state index contributed by atoms with van der Waals surface area (Å²) in [6.07, 6.45) is -5.28. The maximum atomic E-state index is 14.9. The first-order valence-electron chi connectivity index (χ1n) is 19.2. The van der Waals surface area contributed by atoms with Gasteiger partial charge in [0.2, 0.25) is 5.60 Å². The Morgan fingerprint density at radius 2 is 1.71 bits per heavy atom. The molecule has 0 aliphatic carbocycles. The molecule has 2 fully saturated rings. The summed E-state index contributed by atoms with van der Waals surface area (Å²) in [5.74, 6) is -0.675. The van der Waals surface area contributed by atoms with Gasteiger partial charge in [-0.1, -0.05) is 45.4 Å². The van der Waals surface area contributed by atoms with Crippen molar-refractivity contribution in [3.8, 4) is 11.5 Å². The summed E-state index contributed by atoms with van der Waals surface area (Å²) in [5.41, 5.74) is -2.95. The van der Waals surface area contributed by atoms with Gasteiger partial charge in [0.1, 0.15) is 27.9 Å². The van der Waals surface area contributed by atoms with Crippen molar-refractivity contribution in [3.05, 3.63) is 75.7 Å². The van der Waals surface area contributed by atoms with E-state index in [4.69, 9.17) is 9.47 Å². The Labute approximate surface area is 327 Å². The number of ether oxygens (including phenoxy) is 2. The highest BCUT2D eigenvalue weighted by molar-refractivity contribution is 7.10. The first kappa shape index (κ1) is 43.0. The first-order chi connectivity index (χ1) is 26.5. The van der Waals surface area contributed by atoms with Crippen molar-refractivity contribution in [2.24, 2.45) is 11.8 Å². The minimum Gasteiger partial charge on any atom is -0.493 e. The van der Waals surface area contributed by atoms with Crippen LogP contribution in [-0.4, -0.2) is 70.3 Å². The lowest BCUT2D eigenvalue weighted by molar-refractivity contribution is -0.160. The molecule has 0 bridgehead atoms. The highest BCUT2D eigenvalue weighted by Crippen LogP contribution is 2.44. The van der Waals surface area contributed by atoms with E-state index in [1.807, 2.05) is 38.1 Å². The number of alkyl halides is 6. The summed E-state index contributed by atoms with van der Waals surface area (Å²) in [7, 11) is 0. The molecule has 0 radical (unpaired) electrons. The van der Waals surface area contributed by atoms with Crippen LogP contribution in [-0.2, 0) is 21.9 Å². The number of nitrogens with zero attached hydrogens (tertiary/aromatic N) is 3. The van der Waals surface area contributed by atoms with Crippen molar-refractivity contribution in [2.45, 2.75) is 109 Å². The Morgan fingerprint density at radius 3 is 2.34 bits per heavy atom. The van der Waals surface area contributed by atoms with Gasteiger partial charge in [-0.2, -0.15) is 26.3 Å². The molecule has 0 saturated carbocycles. The summed E-state index contributed by atoms with van der Waals surface area (Å²) in [5, 5.41) is 1.16. The van der Waals surface area contributed by atoms with E-state index in [1.165, 1.54) is 4.90 Å². The zero-order valence-corrected chi connectivity index (χ0v) is 32.9. The van der Waals surface area contributed by atoms with Gasteiger partial charge in [-0.15, -0.1) is 11.3 Å². The third-order valence-electron chi connectivity index (χ3n) is 10.9. The fraction of sp³-hybridized carbons (Fsp3) is 0.561. The van der Waals surface area contributed by atoms with Crippen molar-refractivity contribution < 1.29 is 50.2 Å². The van der Waals surface area contributed by atoms with E-state index >= 15 is 0 Å². The number of carbonyl (C=O) groups is 3. The van der Waals surface area contributed by atoms with E-state index in [-0.39, 0.29) is 68.2 Å². The molecule has 4 heterocycles. The molecule has 3 aromatic rings. The normalized spacial score (nSPS) is 20.2. The van der Waals surface area contributed by atoms with E-state index in [0.717, 1.165) is 47.5 Å². The van der Waals surface area contributed by atoms with Gasteiger partial charge >= 0.3 is 12.4 Å². The molecule has 8 nitrogen and oxygen atoms in total. The number of hydrogen-bond donors (Lipinski definition) is 0. The summed E-state index contributed by atoms with van der Waals surface area (Å²) in [4.78, 5) is 46.7. The maximum absolute atomic E-state index is 14.9. The fourth-order valence-electron chi connectivity index (χ4n) is 8.18. The van der Waals surface area contributed by atoms with Gasteiger partial charge in [0.25, 0.3) is 11.8 Å². The molecule has 2 aromatic heterocycles. The molecule has 0 spiro atoms. The van der Waals surface area contributed by atoms with Crippen molar-refractivity contribution >= 4 is 28.9 Å². The quantitative estimate of drug-likeness (QED) is 0.119. The van der Waals surface area contributed by atoms with Crippen LogP contribution in [0.1, 0.15) is 111 Å². The minimum atomic E-state index is -4.89. The second kappa shape index (κ2) is 18.0. The molecule has 2 amide bonds. The van der Waals surface area contributed by atoms with Gasteiger partial charge in [-0.05, 0) is 81.0 Å². The number of pyridine rings is 1. The largest absolute Gasteiger partial charge is 0.493 e. The van der Waals surface area contributed by atoms with E-state index in [1.54, 1.807) is 18.7 Å². The summed E-state index contributed by atoms with van der Waals surface area (Å²) >= 11 is 0.407. The lowest BCUT2D eigenvalue weighted by atomic mass is 9.79. The molecule has 306 valence electrons. The molecule has 2 saturated heterocycles. The molecule has 3 atom stereocenters. The molecule has 15 heteroatoms. The van der Waals surface area contributed by atoms with Crippen LogP contribution in [0.15, 0.2) is 54.0 Å². The summed E-state index contributed by atoms with van der Waals surface area (Å²) < 4.78 is 95.9. The average Bonchev–Trinajstić information content (AvgIpc) is 3.64. The first-order valence-corrected chi connectivity index (χ1v) is 20.0. The Kier molecular flexibility index (Phi) is 13.8. The van der Waals surface area contributed by atoms with Gasteiger partial charge in [0, 0.05) is 49.6 Å². The van der Waals surface area contributed by atoms with Crippen LogP contribution in [0.2, 0.25) is 0 Å². The number of halogens is 6. The molecule has 5 rings (SSSR count). The standard InChI is InChI=1S/C41H49F6N3O5S/c1-5-11-34-39(55-29-24-35(56-25-29)41(45,46)47,18-10-20-50(34)37(52)36-32(40(42,43)44)14-8-19-48-36)38(53)49-21-16-28(17-22-49)31-12-6-7-15-33(31)54-23-9-13-30(26(2)3)27(4)51/h6-8,12,14-15,19,24-26,28,30,34H,5,9-11,13,16-18,20-23H2,1-4H3/t30-,34+,39-/m0/s1. The van der Waals surface area contributed by atoms with Crippen LogP contribution in [0.3, 0.4) is 0 Å². The molecule has 2 aliphatic rings. The van der Waals surface area contributed by atoms with Gasteiger partial charge in [-0.25, -0.2) is 0 Å². The number of hydrogen-bond acceptors (Lipinski definition) is 7. The van der Waals surface area contributed by atoms with Crippen LogP contribution in [0, 0.1) is 11.8 Å². The number of rotatable bonds is 14. The number of aromatic nitrogens is 1. The number of carbonyl (C=O) groups excluding carboxylic acids is 3. The molecule has 0 N–H and O–H groups in total. The average molecular weight is 810 g/mol. The molecule has 1 aromatic carbocycles. The number of Topliss-reactive ketones (excluding diaryl/α,β-unsaturated/α-hetero) is 1. The second-order valence-corrected chi connectivity index (χ2v) is 15.9. The van der Waals surface area contributed by atoms with Crippen molar-refractivity contribution in [1.29, 1.82) is 0 Å². The van der Waals surface area contributed by atoms with Gasteiger partial charge < -0.3 is 19.3 Å². The smallest absolute Gasteiger partial charge is 0.425 e. The van der Waals surface area contributed by atoms with Crippen molar-refractivity contribution in [3.63, 3.8) is 0 Å². The predicted molar refractivity (Wildman–Crippen MR) is 200 cm³/mol. The van der Waals surface area contributed by atoms with Crippen LogP contribution >= 0.6 is 11.3 Å². The third kappa shape index (κ3) is 9.69. The van der Waals surface area contributed by atoms with Crippen LogP contribution in [0.5, 0.6) is 11.5 Å². The monoisotopic (exact) mass is 809 g/mol.